The molecule has 3 amide bonds. The van der Waals surface area contributed by atoms with E-state index < -0.39 is 6.03 Å². The highest BCUT2D eigenvalue weighted by Gasteiger charge is 2.23. The first-order chi connectivity index (χ1) is 17.3. The number of hydrogen-bond acceptors (Lipinski definition) is 5. The Balaban J connectivity index is 1.48. The van der Waals surface area contributed by atoms with E-state index in [9.17, 15) is 9.59 Å². The Morgan fingerprint density at radius 3 is 2.42 bits per heavy atom. The minimum absolute atomic E-state index is 0.215. The number of ether oxygens (including phenoxy) is 2. The fourth-order valence-electron chi connectivity index (χ4n) is 4.15. The number of aromatic amines is 1. The predicted octanol–water partition coefficient (Wildman–Crippen LogP) is 4.18. The van der Waals surface area contributed by atoms with Crippen LogP contribution in [0.15, 0.2) is 42.5 Å². The normalized spacial score (nSPS) is 14.4. The first-order valence-corrected chi connectivity index (χ1v) is 12.2. The number of benzene rings is 2. The summed E-state index contributed by atoms with van der Waals surface area (Å²) in [5, 5.41) is 10.2. The molecule has 0 bridgehead atoms. The van der Waals surface area contributed by atoms with Gasteiger partial charge in [0.15, 0.2) is 0 Å². The number of carbonyl (C=O) groups is 2. The van der Waals surface area contributed by atoms with Crippen molar-refractivity contribution in [1.29, 1.82) is 0 Å². The van der Waals surface area contributed by atoms with E-state index in [0.29, 0.717) is 23.7 Å². The molecule has 2 heterocycles. The maximum Gasteiger partial charge on any atom is 0.323 e. The molecule has 3 aromatic rings. The summed E-state index contributed by atoms with van der Waals surface area (Å²) in [6.07, 6.45) is 0. The summed E-state index contributed by atoms with van der Waals surface area (Å²) in [4.78, 5) is 30.8. The zero-order chi connectivity index (χ0) is 25.7. The Labute approximate surface area is 211 Å². The molecule has 0 radical (unpaired) electrons. The predicted molar refractivity (Wildman–Crippen MR) is 142 cm³/mol. The van der Waals surface area contributed by atoms with Gasteiger partial charge in [0.05, 0.1) is 24.6 Å². The smallest absolute Gasteiger partial charge is 0.323 e. The molecular weight excluding hydrogens is 458 g/mol. The summed E-state index contributed by atoms with van der Waals surface area (Å²) in [5.41, 5.74) is 2.01. The van der Waals surface area contributed by atoms with Crippen LogP contribution in [0.3, 0.4) is 0 Å². The number of amides is 3. The number of urea groups is 1. The van der Waals surface area contributed by atoms with Crippen molar-refractivity contribution in [2.45, 2.75) is 26.2 Å². The quantitative estimate of drug-likeness (QED) is 0.395. The molecular formula is C27H35N5O4. The van der Waals surface area contributed by atoms with Gasteiger partial charge in [-0.1, -0.05) is 45.0 Å². The van der Waals surface area contributed by atoms with Gasteiger partial charge in [0, 0.05) is 48.6 Å². The standard InChI is InChI=1S/C27H35N5O4/c1-27(2,3)23-17-21(24(31-23)25(33)28-4)30-26(34)29-20-9-10-22(19-8-6-5-7-18(19)20)36-16-13-32-11-14-35-15-12-32/h5-10,17,31H,11-16H2,1-4H3,(H,28,33)(H2,29,30,34). The molecule has 0 spiro atoms. The summed E-state index contributed by atoms with van der Waals surface area (Å²) in [6, 6.07) is 12.9. The van der Waals surface area contributed by atoms with Gasteiger partial charge >= 0.3 is 6.03 Å². The minimum atomic E-state index is -0.439. The lowest BCUT2D eigenvalue weighted by Crippen LogP contribution is -2.38. The van der Waals surface area contributed by atoms with Crippen LogP contribution in [0, 0.1) is 0 Å². The number of fused-ring (bicyclic) bond motifs is 1. The zero-order valence-electron chi connectivity index (χ0n) is 21.4. The molecule has 192 valence electrons. The van der Waals surface area contributed by atoms with Gasteiger partial charge in [-0.05, 0) is 18.2 Å². The second-order valence-corrected chi connectivity index (χ2v) is 9.84. The van der Waals surface area contributed by atoms with E-state index in [1.54, 1.807) is 13.1 Å². The number of hydrogen-bond donors (Lipinski definition) is 4. The molecule has 4 N–H and O–H groups in total. The Bertz CT molecular complexity index is 1220. The number of rotatable bonds is 7. The number of H-pyrrole nitrogens is 1. The molecule has 36 heavy (non-hydrogen) atoms. The van der Waals surface area contributed by atoms with Crippen LogP contribution in [0.25, 0.3) is 10.8 Å². The van der Waals surface area contributed by atoms with E-state index in [0.717, 1.165) is 55.1 Å². The molecule has 1 aliphatic rings. The number of carbonyl (C=O) groups excluding carboxylic acids is 2. The van der Waals surface area contributed by atoms with Gasteiger partial charge in [-0.25, -0.2) is 4.79 Å². The fourth-order valence-corrected chi connectivity index (χ4v) is 4.15. The van der Waals surface area contributed by atoms with Crippen LogP contribution in [-0.4, -0.2) is 68.3 Å². The van der Waals surface area contributed by atoms with Crippen molar-refractivity contribution in [1.82, 2.24) is 15.2 Å². The summed E-state index contributed by atoms with van der Waals surface area (Å²) in [6.45, 7) is 10.9. The SMILES string of the molecule is CNC(=O)c1[nH]c(C(C)(C)C)cc1NC(=O)Nc1ccc(OCCN2CCOCC2)c2ccccc12. The van der Waals surface area contributed by atoms with E-state index in [4.69, 9.17) is 9.47 Å². The third-order valence-corrected chi connectivity index (χ3v) is 6.23. The van der Waals surface area contributed by atoms with Crippen molar-refractivity contribution in [2.75, 3.05) is 57.1 Å². The topological polar surface area (TPSA) is 108 Å². The molecule has 1 saturated heterocycles. The molecule has 4 rings (SSSR count). The number of anilines is 2. The average Bonchev–Trinajstić information content (AvgIpc) is 3.29. The first kappa shape index (κ1) is 25.5. The molecule has 1 aromatic heterocycles. The van der Waals surface area contributed by atoms with Crippen molar-refractivity contribution in [3.63, 3.8) is 0 Å². The minimum Gasteiger partial charge on any atom is -0.492 e. The second kappa shape index (κ2) is 11.0. The van der Waals surface area contributed by atoms with E-state index in [1.807, 2.05) is 57.2 Å². The Kier molecular flexibility index (Phi) is 7.81. The molecule has 0 atom stereocenters. The van der Waals surface area contributed by atoms with E-state index in [-0.39, 0.29) is 11.3 Å². The Morgan fingerprint density at radius 1 is 1.03 bits per heavy atom. The molecule has 1 fully saturated rings. The molecule has 9 heteroatoms. The summed E-state index contributed by atoms with van der Waals surface area (Å²) in [5.74, 6) is 0.469. The van der Waals surface area contributed by atoms with Gasteiger partial charge < -0.3 is 30.4 Å². The highest BCUT2D eigenvalue weighted by Crippen LogP contribution is 2.32. The van der Waals surface area contributed by atoms with E-state index >= 15 is 0 Å². The Morgan fingerprint density at radius 2 is 1.72 bits per heavy atom. The van der Waals surface area contributed by atoms with Crippen LogP contribution >= 0.6 is 0 Å². The van der Waals surface area contributed by atoms with Crippen LogP contribution < -0.4 is 20.7 Å². The number of nitrogens with one attached hydrogen (secondary N) is 4. The summed E-state index contributed by atoms with van der Waals surface area (Å²) < 4.78 is 11.5. The van der Waals surface area contributed by atoms with Crippen LogP contribution in [0.4, 0.5) is 16.2 Å². The molecule has 0 aliphatic carbocycles. The van der Waals surface area contributed by atoms with Gasteiger partial charge in [-0.3, -0.25) is 9.69 Å². The first-order valence-electron chi connectivity index (χ1n) is 12.2. The lowest BCUT2D eigenvalue weighted by molar-refractivity contribution is 0.0323. The van der Waals surface area contributed by atoms with Crippen LogP contribution in [0.5, 0.6) is 5.75 Å². The van der Waals surface area contributed by atoms with Crippen molar-refractivity contribution >= 4 is 34.1 Å². The lowest BCUT2D eigenvalue weighted by atomic mass is 9.92. The van der Waals surface area contributed by atoms with Gasteiger partial charge in [0.1, 0.15) is 18.1 Å². The van der Waals surface area contributed by atoms with E-state index in [1.165, 1.54) is 0 Å². The van der Waals surface area contributed by atoms with Crippen molar-refractivity contribution in [3.8, 4) is 5.75 Å². The number of morpholine rings is 1. The monoisotopic (exact) mass is 493 g/mol. The van der Waals surface area contributed by atoms with Crippen molar-refractivity contribution < 1.29 is 19.1 Å². The zero-order valence-corrected chi connectivity index (χ0v) is 21.4. The summed E-state index contributed by atoms with van der Waals surface area (Å²) >= 11 is 0. The lowest BCUT2D eigenvalue weighted by Gasteiger charge is -2.26. The maximum atomic E-state index is 13.0. The van der Waals surface area contributed by atoms with Crippen LogP contribution in [0.2, 0.25) is 0 Å². The largest absolute Gasteiger partial charge is 0.492 e. The van der Waals surface area contributed by atoms with Gasteiger partial charge in [-0.2, -0.15) is 0 Å². The highest BCUT2D eigenvalue weighted by molar-refractivity contribution is 6.09. The summed E-state index contributed by atoms with van der Waals surface area (Å²) in [7, 11) is 1.56. The maximum absolute atomic E-state index is 13.0. The molecule has 0 unspecified atom stereocenters. The molecule has 0 saturated carbocycles. The van der Waals surface area contributed by atoms with Crippen LogP contribution in [-0.2, 0) is 10.2 Å². The number of aromatic nitrogens is 1. The van der Waals surface area contributed by atoms with Crippen molar-refractivity contribution in [3.05, 3.63) is 53.9 Å². The average molecular weight is 494 g/mol. The highest BCUT2D eigenvalue weighted by atomic mass is 16.5. The van der Waals surface area contributed by atoms with Gasteiger partial charge in [-0.15, -0.1) is 0 Å². The molecule has 9 nitrogen and oxygen atoms in total. The Hall–Kier alpha value is -3.56. The van der Waals surface area contributed by atoms with Gasteiger partial charge in [0.25, 0.3) is 5.91 Å². The third kappa shape index (κ3) is 5.98. The fraction of sp³-hybridized carbons (Fsp3) is 0.407. The molecule has 1 aliphatic heterocycles. The van der Waals surface area contributed by atoms with Crippen molar-refractivity contribution in [2.24, 2.45) is 0 Å². The molecule has 2 aromatic carbocycles. The van der Waals surface area contributed by atoms with Crippen LogP contribution in [0.1, 0.15) is 37.0 Å². The number of nitrogens with zero attached hydrogens (tertiary/aromatic N) is 1. The third-order valence-electron chi connectivity index (χ3n) is 6.23. The van der Waals surface area contributed by atoms with E-state index in [2.05, 4.69) is 25.8 Å². The van der Waals surface area contributed by atoms with Gasteiger partial charge in [0.2, 0.25) is 0 Å². The second-order valence-electron chi connectivity index (χ2n) is 9.84.